The number of hydrogen-bond donors (Lipinski definition) is 7. The third-order valence-corrected chi connectivity index (χ3v) is 10.5. The van der Waals surface area contributed by atoms with E-state index < -0.39 is 11.8 Å². The van der Waals surface area contributed by atoms with Crippen LogP contribution in [0, 0.1) is 20.8 Å². The van der Waals surface area contributed by atoms with Gasteiger partial charge in [0.15, 0.2) is 23.0 Å². The highest BCUT2D eigenvalue weighted by Crippen LogP contribution is 2.27. The van der Waals surface area contributed by atoms with Gasteiger partial charge in [-0.25, -0.2) is 24.7 Å². The van der Waals surface area contributed by atoms with Crippen LogP contribution in [0.25, 0.3) is 0 Å². The van der Waals surface area contributed by atoms with E-state index in [0.29, 0.717) is 24.0 Å². The van der Waals surface area contributed by atoms with Crippen molar-refractivity contribution in [2.24, 2.45) is 17.2 Å². The summed E-state index contributed by atoms with van der Waals surface area (Å²) in [5, 5.41) is 13.6. The number of amides is 4. The molecule has 0 unspecified atom stereocenters. The van der Waals surface area contributed by atoms with E-state index in [1.807, 2.05) is 62.1 Å². The molecule has 7 rings (SSSR count). The number of nitrogens with two attached hydrogens (primary N) is 3. The van der Waals surface area contributed by atoms with Crippen molar-refractivity contribution in [2.45, 2.75) is 58.5 Å². The van der Waals surface area contributed by atoms with Crippen molar-refractivity contribution < 1.29 is 14.4 Å². The average molecular weight is 800 g/mol. The first-order valence-electron chi connectivity index (χ1n) is 18.0. The van der Waals surface area contributed by atoms with Crippen molar-refractivity contribution in [3.8, 4) is 0 Å². The number of piperidine rings is 2. The van der Waals surface area contributed by atoms with Crippen molar-refractivity contribution >= 4 is 79.9 Å². The minimum Gasteiger partial charge on any atom is -0.364 e. The Kier molecular flexibility index (Phi) is 12.8. The number of benzene rings is 1. The molecule has 4 amide bonds. The van der Waals surface area contributed by atoms with Crippen LogP contribution in [0.1, 0.15) is 63.6 Å². The summed E-state index contributed by atoms with van der Waals surface area (Å²) in [5.74, 6) is 0.642. The van der Waals surface area contributed by atoms with Gasteiger partial charge < -0.3 is 48.3 Å². The maximum absolute atomic E-state index is 12.5. The summed E-state index contributed by atoms with van der Waals surface area (Å²) >= 11 is 2.56. The Morgan fingerprint density at radius 1 is 0.768 bits per heavy atom. The van der Waals surface area contributed by atoms with Crippen LogP contribution < -0.4 is 48.3 Å². The van der Waals surface area contributed by atoms with E-state index in [1.165, 1.54) is 23.1 Å². The highest BCUT2D eigenvalue weighted by atomic mass is 32.1. The molecule has 2 fully saturated rings. The highest BCUT2D eigenvalue weighted by molar-refractivity contribution is 7.10. The molecule has 294 valence electrons. The van der Waals surface area contributed by atoms with Gasteiger partial charge >= 0.3 is 6.03 Å². The van der Waals surface area contributed by atoms with Gasteiger partial charge in [-0.2, -0.15) is 8.75 Å². The average Bonchev–Trinajstić information content (AvgIpc) is 3.77. The first-order chi connectivity index (χ1) is 26.9. The van der Waals surface area contributed by atoms with Crippen molar-refractivity contribution in [2.75, 3.05) is 51.9 Å². The Morgan fingerprint density at radius 3 is 1.82 bits per heavy atom. The number of carbonyl (C=O) groups excluding carboxylic acids is 3. The lowest BCUT2D eigenvalue weighted by molar-refractivity contribution is 0.0987. The Hall–Kier alpha value is -5.99. The Labute approximate surface area is 332 Å². The predicted octanol–water partition coefficient (Wildman–Crippen LogP) is 4.19. The summed E-state index contributed by atoms with van der Waals surface area (Å²) in [6, 6.07) is 11.2. The zero-order chi connectivity index (χ0) is 39.8. The number of nitrogens with one attached hydrogen (secondary N) is 4. The highest BCUT2D eigenvalue weighted by Gasteiger charge is 2.25. The molecule has 0 saturated carbocycles. The molecule has 0 aliphatic carbocycles. The van der Waals surface area contributed by atoms with E-state index in [9.17, 15) is 14.4 Å². The van der Waals surface area contributed by atoms with Crippen molar-refractivity contribution in [1.82, 2.24) is 34.0 Å². The van der Waals surface area contributed by atoms with Crippen LogP contribution in [-0.4, -0.2) is 84.8 Å². The molecule has 56 heavy (non-hydrogen) atoms. The van der Waals surface area contributed by atoms with Crippen LogP contribution in [0.15, 0.2) is 48.8 Å². The minimum absolute atomic E-state index is 0.0540. The van der Waals surface area contributed by atoms with Crippen molar-refractivity contribution in [1.29, 1.82) is 0 Å². The molecule has 18 nitrogen and oxygen atoms in total. The van der Waals surface area contributed by atoms with E-state index in [4.69, 9.17) is 17.2 Å². The second-order valence-corrected chi connectivity index (χ2v) is 15.2. The maximum atomic E-state index is 12.5. The Balaban J connectivity index is 0.000000202. The van der Waals surface area contributed by atoms with E-state index in [0.717, 1.165) is 78.0 Å². The molecule has 4 aromatic heterocycles. The molecule has 20 heteroatoms. The van der Waals surface area contributed by atoms with Crippen LogP contribution in [0.2, 0.25) is 0 Å². The number of rotatable bonds is 10. The quantitative estimate of drug-likeness (QED) is 0.105. The summed E-state index contributed by atoms with van der Waals surface area (Å²) in [7, 11) is 0. The van der Waals surface area contributed by atoms with Gasteiger partial charge in [-0.05, 0) is 99.3 Å². The summed E-state index contributed by atoms with van der Waals surface area (Å²) in [5.41, 5.74) is 20.7. The molecule has 0 radical (unpaired) electrons. The Bertz CT molecular complexity index is 2180. The lowest BCUT2D eigenvalue weighted by Gasteiger charge is -2.34. The molecule has 2 aliphatic rings. The minimum atomic E-state index is -0.663. The molecule has 10 N–H and O–H groups in total. The number of aryl methyl sites for hydroxylation is 3. The molecule has 0 spiro atoms. The second kappa shape index (κ2) is 18.1. The summed E-state index contributed by atoms with van der Waals surface area (Å²) in [4.78, 5) is 57.6. The van der Waals surface area contributed by atoms with E-state index in [-0.39, 0.29) is 35.3 Å². The second-order valence-electron chi connectivity index (χ2n) is 13.6. The number of primary amides is 2. The SMILES string of the molecule is Cc1cc(Nc2nc(N3CCC[C@@H](N)C3)cnc2C(N)=O)sn1.Cc1cccc(NC(=O)N[C@@H]2CCCN(c3cnc(C(N)=O)c(Nc4cc(C)ns4)n3)C2)c1. The van der Waals surface area contributed by atoms with Gasteiger partial charge in [-0.3, -0.25) is 9.59 Å². The molecule has 1 aromatic carbocycles. The van der Waals surface area contributed by atoms with Gasteiger partial charge in [0.05, 0.1) is 23.8 Å². The third kappa shape index (κ3) is 10.6. The number of urea groups is 1. The fraction of sp³-hybridized carbons (Fsp3) is 0.361. The zero-order valence-corrected chi connectivity index (χ0v) is 32.9. The molecule has 2 aliphatic heterocycles. The number of aromatic nitrogens is 6. The van der Waals surface area contributed by atoms with E-state index in [1.54, 1.807) is 12.4 Å². The Morgan fingerprint density at radius 2 is 1.32 bits per heavy atom. The fourth-order valence-electron chi connectivity index (χ4n) is 6.27. The van der Waals surface area contributed by atoms with Gasteiger partial charge in [0.1, 0.15) is 21.6 Å². The third-order valence-electron chi connectivity index (χ3n) is 8.86. The smallest absolute Gasteiger partial charge is 0.319 e. The van der Waals surface area contributed by atoms with Gasteiger partial charge in [0.2, 0.25) is 0 Å². The molecular weight excluding hydrogens is 755 g/mol. The van der Waals surface area contributed by atoms with Crippen LogP contribution in [-0.2, 0) is 0 Å². The summed E-state index contributed by atoms with van der Waals surface area (Å²) in [6.07, 6.45) is 6.87. The van der Waals surface area contributed by atoms with Crippen LogP contribution in [0.4, 0.5) is 43.8 Å². The van der Waals surface area contributed by atoms with Gasteiger partial charge in [0, 0.05) is 44.0 Å². The van der Waals surface area contributed by atoms with E-state index in [2.05, 4.69) is 54.9 Å². The lowest BCUT2D eigenvalue weighted by atomic mass is 10.1. The number of nitrogens with zero attached hydrogens (tertiary/aromatic N) is 8. The molecule has 6 heterocycles. The normalized spacial score (nSPS) is 16.6. The van der Waals surface area contributed by atoms with Gasteiger partial charge in [-0.15, -0.1) is 0 Å². The van der Waals surface area contributed by atoms with Crippen LogP contribution >= 0.6 is 23.1 Å². The van der Waals surface area contributed by atoms with Crippen LogP contribution in [0.5, 0.6) is 0 Å². The largest absolute Gasteiger partial charge is 0.364 e. The van der Waals surface area contributed by atoms with Crippen molar-refractivity contribution in [3.05, 3.63) is 77.1 Å². The molecule has 2 saturated heterocycles. The number of carbonyl (C=O) groups is 3. The lowest BCUT2D eigenvalue weighted by Crippen LogP contribution is -2.49. The van der Waals surface area contributed by atoms with Gasteiger partial charge in [-0.1, -0.05) is 12.1 Å². The fourth-order valence-corrected chi connectivity index (χ4v) is 7.60. The summed E-state index contributed by atoms with van der Waals surface area (Å²) in [6.45, 7) is 8.70. The van der Waals surface area contributed by atoms with Crippen molar-refractivity contribution in [3.63, 3.8) is 0 Å². The predicted molar refractivity (Wildman–Crippen MR) is 219 cm³/mol. The first kappa shape index (κ1) is 39.7. The topological polar surface area (TPSA) is 261 Å². The standard InChI is InChI=1S/C22H26N8O2S.C14H19N7OS/c1-13-5-3-6-15(9-13)25-22(32)26-16-7-4-8-30(12-16)17-11-24-19(20(23)31)21(27-17)28-18-10-14(2)29-33-18;1-8-5-11(23-20-8)19-14-12(13(16)22)17-6-10(18-14)21-4-2-3-9(15)7-21/h3,5-6,9-11,16H,4,7-8,12H2,1-2H3,(H2,23,31)(H,27,28)(H2,25,26,32);5-6,9H,2-4,7,15H2,1H3,(H2,16,22)(H,18,19)/t16-;9-/m11/s1. The summed E-state index contributed by atoms with van der Waals surface area (Å²) < 4.78 is 8.43. The maximum Gasteiger partial charge on any atom is 0.319 e. The van der Waals surface area contributed by atoms with Gasteiger partial charge in [0.25, 0.3) is 11.8 Å². The molecule has 0 bridgehead atoms. The number of hydrogen-bond acceptors (Lipinski definition) is 16. The molecular formula is C36H45N15O3S2. The monoisotopic (exact) mass is 799 g/mol. The zero-order valence-electron chi connectivity index (χ0n) is 31.3. The van der Waals surface area contributed by atoms with E-state index >= 15 is 0 Å². The van der Waals surface area contributed by atoms with Crippen LogP contribution in [0.3, 0.4) is 0 Å². The first-order valence-corrected chi connectivity index (χ1v) is 19.6. The number of anilines is 7. The molecule has 5 aromatic rings. The molecule has 2 atom stereocenters.